The molecule has 2 heterocycles. The molecule has 1 aliphatic carbocycles. The van der Waals surface area contributed by atoms with Crippen molar-refractivity contribution in [1.29, 1.82) is 0 Å². The summed E-state index contributed by atoms with van der Waals surface area (Å²) in [5.74, 6) is 2.00. The molecule has 3 unspecified atom stereocenters. The van der Waals surface area contributed by atoms with Crippen LogP contribution in [0.1, 0.15) is 19.3 Å². The predicted molar refractivity (Wildman–Crippen MR) is 74.6 cm³/mol. The molecule has 1 aliphatic heterocycles. The fourth-order valence-electron chi connectivity index (χ4n) is 3.35. The number of rotatable bonds is 2. The molecule has 0 aromatic carbocycles. The van der Waals surface area contributed by atoms with Crippen LogP contribution < -0.4 is 15.4 Å². The summed E-state index contributed by atoms with van der Waals surface area (Å²) in [6.45, 7) is 1.92. The molecule has 1 saturated heterocycles. The molecule has 1 aromatic rings. The largest absolute Gasteiger partial charge is 0.467 e. The van der Waals surface area contributed by atoms with Crippen LogP contribution in [0.3, 0.4) is 0 Å². The molecule has 0 amide bonds. The Morgan fingerprint density at radius 1 is 1.42 bits per heavy atom. The Labute approximate surface area is 118 Å². The van der Waals surface area contributed by atoms with Gasteiger partial charge in [-0.2, -0.15) is 4.98 Å². The molecular formula is C13H19ClN4O. The first-order valence-corrected chi connectivity index (χ1v) is 7.14. The Morgan fingerprint density at radius 3 is 3.00 bits per heavy atom. The predicted octanol–water partition coefficient (Wildman–Crippen LogP) is 1.70. The van der Waals surface area contributed by atoms with E-state index in [-0.39, 0.29) is 0 Å². The van der Waals surface area contributed by atoms with E-state index in [2.05, 4.69) is 14.9 Å². The first-order valence-electron chi connectivity index (χ1n) is 6.76. The Balaban J connectivity index is 1.84. The van der Waals surface area contributed by atoms with Gasteiger partial charge in [0.25, 0.3) is 0 Å². The number of hydrogen-bond acceptors (Lipinski definition) is 5. The lowest BCUT2D eigenvalue weighted by molar-refractivity contribution is 0.260. The van der Waals surface area contributed by atoms with Crippen LogP contribution in [0.2, 0.25) is 5.02 Å². The topological polar surface area (TPSA) is 64.3 Å². The number of anilines is 1. The lowest BCUT2D eigenvalue weighted by atomic mass is 9.78. The number of ether oxygens (including phenoxy) is 1. The number of fused-ring (bicyclic) bond motifs is 1. The number of hydrogen-bond donors (Lipinski definition) is 1. The zero-order valence-electron chi connectivity index (χ0n) is 11.1. The second-order valence-electron chi connectivity index (χ2n) is 5.45. The van der Waals surface area contributed by atoms with Gasteiger partial charge < -0.3 is 15.4 Å². The van der Waals surface area contributed by atoms with Gasteiger partial charge in [-0.15, -0.1) is 0 Å². The van der Waals surface area contributed by atoms with Crippen LogP contribution in [0, 0.1) is 11.8 Å². The number of nitrogens with two attached hydrogens (primary N) is 1. The van der Waals surface area contributed by atoms with Crippen molar-refractivity contribution in [2.24, 2.45) is 17.6 Å². The van der Waals surface area contributed by atoms with Crippen LogP contribution in [-0.2, 0) is 0 Å². The van der Waals surface area contributed by atoms with E-state index >= 15 is 0 Å². The first-order chi connectivity index (χ1) is 9.19. The minimum absolute atomic E-state index is 0.311. The van der Waals surface area contributed by atoms with Gasteiger partial charge in [-0.25, -0.2) is 4.98 Å². The van der Waals surface area contributed by atoms with E-state index in [1.807, 2.05) is 0 Å². The fraction of sp³-hybridized carbons (Fsp3) is 0.692. The maximum Gasteiger partial charge on any atom is 0.318 e. The van der Waals surface area contributed by atoms with Gasteiger partial charge in [0.15, 0.2) is 5.82 Å². The van der Waals surface area contributed by atoms with E-state index in [0.29, 0.717) is 28.9 Å². The van der Waals surface area contributed by atoms with Crippen molar-refractivity contribution in [3.8, 4) is 6.01 Å². The van der Waals surface area contributed by atoms with Crippen molar-refractivity contribution in [3.63, 3.8) is 0 Å². The summed E-state index contributed by atoms with van der Waals surface area (Å²) in [5.41, 5.74) is 6.24. The van der Waals surface area contributed by atoms with Crippen LogP contribution in [0.15, 0.2) is 6.20 Å². The van der Waals surface area contributed by atoms with Crippen molar-refractivity contribution < 1.29 is 4.74 Å². The van der Waals surface area contributed by atoms with Crippen molar-refractivity contribution >= 4 is 17.4 Å². The minimum atomic E-state index is 0.311. The summed E-state index contributed by atoms with van der Waals surface area (Å²) in [6.07, 6.45) is 5.23. The van der Waals surface area contributed by atoms with Crippen LogP contribution in [-0.4, -0.2) is 36.2 Å². The van der Waals surface area contributed by atoms with Crippen molar-refractivity contribution in [2.75, 3.05) is 25.1 Å². The summed E-state index contributed by atoms with van der Waals surface area (Å²) < 4.78 is 5.08. The standard InChI is InChI=1S/C13H19ClN4O/c1-19-13-16-5-10(14)12(17-13)18-6-8-3-2-4-11(15)9(8)7-18/h5,8-9,11H,2-4,6-7,15H2,1H3. The lowest BCUT2D eigenvalue weighted by Gasteiger charge is -2.29. The highest BCUT2D eigenvalue weighted by Crippen LogP contribution is 2.38. The second kappa shape index (κ2) is 5.13. The Bertz CT molecular complexity index is 470. The molecule has 3 rings (SSSR count). The molecule has 2 fully saturated rings. The number of aromatic nitrogens is 2. The van der Waals surface area contributed by atoms with Gasteiger partial charge in [0.2, 0.25) is 0 Å². The highest BCUT2D eigenvalue weighted by molar-refractivity contribution is 6.32. The van der Waals surface area contributed by atoms with Crippen LogP contribution in [0.25, 0.3) is 0 Å². The maximum absolute atomic E-state index is 6.24. The third kappa shape index (κ3) is 2.37. The average Bonchev–Trinajstić information content (AvgIpc) is 2.84. The summed E-state index contributed by atoms with van der Waals surface area (Å²) in [5, 5.41) is 0.577. The third-order valence-electron chi connectivity index (χ3n) is 4.34. The van der Waals surface area contributed by atoms with E-state index in [1.54, 1.807) is 13.3 Å². The normalized spacial score (nSPS) is 30.3. The molecule has 1 aromatic heterocycles. The fourth-order valence-corrected chi connectivity index (χ4v) is 3.56. The van der Waals surface area contributed by atoms with Gasteiger partial charge >= 0.3 is 6.01 Å². The molecule has 0 bridgehead atoms. The van der Waals surface area contributed by atoms with Gasteiger partial charge in [0.1, 0.15) is 5.02 Å². The Morgan fingerprint density at radius 2 is 2.26 bits per heavy atom. The first kappa shape index (κ1) is 12.9. The van der Waals surface area contributed by atoms with Crippen LogP contribution >= 0.6 is 11.6 Å². The molecule has 1 saturated carbocycles. The highest BCUT2D eigenvalue weighted by Gasteiger charge is 2.39. The highest BCUT2D eigenvalue weighted by atomic mass is 35.5. The molecule has 5 nitrogen and oxygen atoms in total. The van der Waals surface area contributed by atoms with Gasteiger partial charge in [-0.05, 0) is 24.7 Å². The molecule has 6 heteroatoms. The molecule has 3 atom stereocenters. The smallest absolute Gasteiger partial charge is 0.318 e. The van der Waals surface area contributed by atoms with E-state index in [4.69, 9.17) is 22.1 Å². The number of halogens is 1. The quantitative estimate of drug-likeness (QED) is 0.894. The monoisotopic (exact) mass is 282 g/mol. The number of methoxy groups -OCH3 is 1. The zero-order chi connectivity index (χ0) is 13.4. The van der Waals surface area contributed by atoms with Crippen molar-refractivity contribution in [1.82, 2.24) is 9.97 Å². The maximum atomic E-state index is 6.24. The average molecular weight is 283 g/mol. The van der Waals surface area contributed by atoms with E-state index in [0.717, 1.165) is 25.3 Å². The molecular weight excluding hydrogens is 264 g/mol. The van der Waals surface area contributed by atoms with Crippen LogP contribution in [0.4, 0.5) is 5.82 Å². The van der Waals surface area contributed by atoms with E-state index in [1.165, 1.54) is 12.8 Å². The van der Waals surface area contributed by atoms with Gasteiger partial charge in [-0.1, -0.05) is 18.0 Å². The molecule has 0 radical (unpaired) electrons. The molecule has 0 spiro atoms. The molecule has 2 N–H and O–H groups in total. The zero-order valence-corrected chi connectivity index (χ0v) is 11.8. The summed E-state index contributed by atoms with van der Waals surface area (Å²) in [4.78, 5) is 10.6. The Hall–Kier alpha value is -1.07. The summed E-state index contributed by atoms with van der Waals surface area (Å²) in [7, 11) is 1.56. The Kier molecular flexibility index (Phi) is 3.50. The molecule has 104 valence electrons. The van der Waals surface area contributed by atoms with Crippen LogP contribution in [0.5, 0.6) is 6.01 Å². The molecule has 19 heavy (non-hydrogen) atoms. The van der Waals surface area contributed by atoms with Gasteiger partial charge in [0.05, 0.1) is 13.3 Å². The van der Waals surface area contributed by atoms with Gasteiger partial charge in [-0.3, -0.25) is 0 Å². The van der Waals surface area contributed by atoms with Crippen molar-refractivity contribution in [2.45, 2.75) is 25.3 Å². The van der Waals surface area contributed by atoms with Gasteiger partial charge in [0, 0.05) is 19.1 Å². The minimum Gasteiger partial charge on any atom is -0.467 e. The number of nitrogens with zero attached hydrogens (tertiary/aromatic N) is 3. The van der Waals surface area contributed by atoms with E-state index < -0.39 is 0 Å². The van der Waals surface area contributed by atoms with E-state index in [9.17, 15) is 0 Å². The van der Waals surface area contributed by atoms with Crippen molar-refractivity contribution in [3.05, 3.63) is 11.2 Å². The second-order valence-corrected chi connectivity index (χ2v) is 5.86. The summed E-state index contributed by atoms with van der Waals surface area (Å²) in [6, 6.07) is 0.671. The lowest BCUT2D eigenvalue weighted by Crippen LogP contribution is -2.38. The molecule has 2 aliphatic rings. The third-order valence-corrected chi connectivity index (χ3v) is 4.61. The SMILES string of the molecule is COc1ncc(Cl)c(N2CC3CCCC(N)C3C2)n1. The summed E-state index contributed by atoms with van der Waals surface area (Å²) >= 11 is 6.21.